The monoisotopic (exact) mass is 345 g/mol. The van der Waals surface area contributed by atoms with Gasteiger partial charge in [-0.3, -0.25) is 4.57 Å². The number of hydrogen-bond acceptors (Lipinski definition) is 3. The second-order valence-corrected chi connectivity index (χ2v) is 5.86. The molecule has 0 spiro atoms. The summed E-state index contributed by atoms with van der Waals surface area (Å²) in [5.74, 6) is -0.445. The third-order valence-corrected chi connectivity index (χ3v) is 4.11. The molecule has 0 aliphatic carbocycles. The van der Waals surface area contributed by atoms with E-state index < -0.39 is 5.76 Å². The molecule has 1 unspecified atom stereocenters. The van der Waals surface area contributed by atoms with Crippen LogP contribution in [0.15, 0.2) is 51.7 Å². The van der Waals surface area contributed by atoms with Gasteiger partial charge in [-0.05, 0) is 36.8 Å². The first-order chi connectivity index (χ1) is 11.5. The molecule has 6 nitrogen and oxygen atoms in total. The Morgan fingerprint density at radius 2 is 2.00 bits per heavy atom. The van der Waals surface area contributed by atoms with E-state index in [0.29, 0.717) is 21.8 Å². The first-order valence-electron chi connectivity index (χ1n) is 7.37. The van der Waals surface area contributed by atoms with Crippen LogP contribution in [0.25, 0.3) is 11.1 Å². The summed E-state index contributed by atoms with van der Waals surface area (Å²) in [6, 6.07) is 11.7. The molecular formula is C17H16ClN3O3. The lowest BCUT2D eigenvalue weighted by Gasteiger charge is -2.16. The number of fused-ring (bicyclic) bond motifs is 1. The highest BCUT2D eigenvalue weighted by molar-refractivity contribution is 6.31. The molecule has 1 aromatic heterocycles. The standard InChI is InChI=1S/C17H16ClN3O3/c1-10(12-5-3-4-6-13(12)18)19-16(22)20-11-7-8-15-14(9-11)21(2)17(23)24-15/h3-10H,1-2H3,(H2,19,20,22). The maximum absolute atomic E-state index is 12.2. The zero-order valence-corrected chi connectivity index (χ0v) is 13.9. The topological polar surface area (TPSA) is 76.3 Å². The van der Waals surface area contributed by atoms with Crippen molar-refractivity contribution < 1.29 is 9.21 Å². The highest BCUT2D eigenvalue weighted by Crippen LogP contribution is 2.22. The van der Waals surface area contributed by atoms with Crippen LogP contribution in [0.4, 0.5) is 10.5 Å². The second kappa shape index (κ2) is 6.41. The molecule has 7 heteroatoms. The molecule has 1 heterocycles. The SMILES string of the molecule is CC(NC(=O)Nc1ccc2oc(=O)n(C)c2c1)c1ccccc1Cl. The summed E-state index contributed by atoms with van der Waals surface area (Å²) in [4.78, 5) is 23.7. The smallest absolute Gasteiger partial charge is 0.408 e. The minimum atomic E-state index is -0.445. The van der Waals surface area contributed by atoms with Crippen molar-refractivity contribution in [3.63, 3.8) is 0 Å². The van der Waals surface area contributed by atoms with Gasteiger partial charge in [-0.15, -0.1) is 0 Å². The van der Waals surface area contributed by atoms with Crippen LogP contribution in [0.3, 0.4) is 0 Å². The molecule has 2 aromatic carbocycles. The van der Waals surface area contributed by atoms with Crippen LogP contribution < -0.4 is 16.4 Å². The van der Waals surface area contributed by atoms with Crippen molar-refractivity contribution in [2.24, 2.45) is 7.05 Å². The first kappa shape index (κ1) is 16.1. The molecule has 3 aromatic rings. The highest BCUT2D eigenvalue weighted by Gasteiger charge is 2.13. The Morgan fingerprint density at radius 1 is 1.25 bits per heavy atom. The van der Waals surface area contributed by atoms with Gasteiger partial charge in [0.15, 0.2) is 5.58 Å². The summed E-state index contributed by atoms with van der Waals surface area (Å²) in [5.41, 5.74) is 2.47. The molecule has 0 aliphatic rings. The lowest BCUT2D eigenvalue weighted by Crippen LogP contribution is -2.31. The quantitative estimate of drug-likeness (QED) is 0.760. The molecule has 3 rings (SSSR count). The number of benzene rings is 2. The summed E-state index contributed by atoms with van der Waals surface area (Å²) in [6.45, 7) is 1.85. The number of anilines is 1. The number of nitrogens with one attached hydrogen (secondary N) is 2. The van der Waals surface area contributed by atoms with E-state index in [4.69, 9.17) is 16.0 Å². The van der Waals surface area contributed by atoms with Crippen LogP contribution >= 0.6 is 11.6 Å². The van der Waals surface area contributed by atoms with E-state index in [0.717, 1.165) is 5.56 Å². The van der Waals surface area contributed by atoms with E-state index in [1.807, 2.05) is 25.1 Å². The summed E-state index contributed by atoms with van der Waals surface area (Å²) in [5, 5.41) is 6.16. The van der Waals surface area contributed by atoms with Gasteiger partial charge in [0.1, 0.15) is 0 Å². The van der Waals surface area contributed by atoms with Crippen LogP contribution in [0.5, 0.6) is 0 Å². The number of aryl methyl sites for hydroxylation is 1. The Bertz CT molecular complexity index is 961. The fourth-order valence-electron chi connectivity index (χ4n) is 2.47. The zero-order valence-electron chi connectivity index (χ0n) is 13.2. The molecule has 0 radical (unpaired) electrons. The largest absolute Gasteiger partial charge is 0.419 e. The van der Waals surface area contributed by atoms with Gasteiger partial charge >= 0.3 is 11.8 Å². The minimum Gasteiger partial charge on any atom is -0.408 e. The molecule has 124 valence electrons. The van der Waals surface area contributed by atoms with Crippen molar-refractivity contribution in [3.8, 4) is 0 Å². The van der Waals surface area contributed by atoms with Crippen molar-refractivity contribution in [2.75, 3.05) is 5.32 Å². The number of amides is 2. The third kappa shape index (κ3) is 3.14. The Morgan fingerprint density at radius 3 is 2.75 bits per heavy atom. The molecule has 0 saturated heterocycles. The van der Waals surface area contributed by atoms with Gasteiger partial charge in [-0.1, -0.05) is 29.8 Å². The summed E-state index contributed by atoms with van der Waals surface area (Å²) in [6.07, 6.45) is 0. The van der Waals surface area contributed by atoms with Gasteiger partial charge in [0.25, 0.3) is 0 Å². The second-order valence-electron chi connectivity index (χ2n) is 5.45. The minimum absolute atomic E-state index is 0.249. The van der Waals surface area contributed by atoms with Crippen molar-refractivity contribution in [1.82, 2.24) is 9.88 Å². The Hall–Kier alpha value is -2.73. The number of oxazole rings is 1. The molecular weight excluding hydrogens is 330 g/mol. The maximum atomic E-state index is 12.2. The number of urea groups is 1. The number of carbonyl (C=O) groups is 1. The average Bonchev–Trinajstić information content (AvgIpc) is 2.82. The number of rotatable bonds is 3. The van der Waals surface area contributed by atoms with Gasteiger partial charge in [0.2, 0.25) is 0 Å². The van der Waals surface area contributed by atoms with Gasteiger partial charge < -0.3 is 15.1 Å². The van der Waals surface area contributed by atoms with E-state index in [9.17, 15) is 9.59 Å². The molecule has 24 heavy (non-hydrogen) atoms. The number of carbonyl (C=O) groups excluding carboxylic acids is 1. The lowest BCUT2D eigenvalue weighted by atomic mass is 10.1. The van der Waals surface area contributed by atoms with Gasteiger partial charge in [-0.25, -0.2) is 9.59 Å². The van der Waals surface area contributed by atoms with Gasteiger partial charge in [0.05, 0.1) is 11.6 Å². The Balaban J connectivity index is 1.74. The Labute approximate surface area is 143 Å². The molecule has 0 bridgehead atoms. The van der Waals surface area contributed by atoms with E-state index in [2.05, 4.69) is 10.6 Å². The predicted octanol–water partition coefficient (Wildman–Crippen LogP) is 3.67. The molecule has 2 N–H and O–H groups in total. The van der Waals surface area contributed by atoms with Crippen molar-refractivity contribution in [3.05, 3.63) is 63.6 Å². The normalized spacial score (nSPS) is 12.1. The average molecular weight is 346 g/mol. The van der Waals surface area contributed by atoms with E-state index in [1.165, 1.54) is 4.57 Å². The van der Waals surface area contributed by atoms with Gasteiger partial charge in [0, 0.05) is 17.8 Å². The summed E-state index contributed by atoms with van der Waals surface area (Å²) < 4.78 is 6.44. The third-order valence-electron chi connectivity index (χ3n) is 3.77. The van der Waals surface area contributed by atoms with E-state index in [1.54, 1.807) is 31.3 Å². The maximum Gasteiger partial charge on any atom is 0.419 e. The van der Waals surface area contributed by atoms with Gasteiger partial charge in [-0.2, -0.15) is 0 Å². The van der Waals surface area contributed by atoms with Crippen LogP contribution in [0, 0.1) is 0 Å². The Kier molecular flexibility index (Phi) is 4.31. The molecule has 0 saturated carbocycles. The summed E-state index contributed by atoms with van der Waals surface area (Å²) in [7, 11) is 1.61. The van der Waals surface area contributed by atoms with Crippen LogP contribution in [-0.4, -0.2) is 10.6 Å². The molecule has 0 aliphatic heterocycles. The van der Waals surface area contributed by atoms with E-state index in [-0.39, 0.29) is 12.1 Å². The zero-order chi connectivity index (χ0) is 17.3. The van der Waals surface area contributed by atoms with Crippen molar-refractivity contribution >= 4 is 34.4 Å². The van der Waals surface area contributed by atoms with Crippen molar-refractivity contribution in [1.29, 1.82) is 0 Å². The molecule has 1 atom stereocenters. The number of halogens is 1. The predicted molar refractivity (Wildman–Crippen MR) is 93.5 cm³/mol. The number of nitrogens with zero attached hydrogens (tertiary/aromatic N) is 1. The van der Waals surface area contributed by atoms with Crippen LogP contribution in [0.1, 0.15) is 18.5 Å². The fourth-order valence-corrected chi connectivity index (χ4v) is 2.77. The number of hydrogen-bond donors (Lipinski definition) is 2. The molecule has 2 amide bonds. The highest BCUT2D eigenvalue weighted by atomic mass is 35.5. The molecule has 0 fully saturated rings. The first-order valence-corrected chi connectivity index (χ1v) is 7.75. The lowest BCUT2D eigenvalue weighted by molar-refractivity contribution is 0.249. The summed E-state index contributed by atoms with van der Waals surface area (Å²) >= 11 is 6.13. The van der Waals surface area contributed by atoms with Crippen LogP contribution in [-0.2, 0) is 7.05 Å². The van der Waals surface area contributed by atoms with Crippen LogP contribution in [0.2, 0.25) is 5.02 Å². The van der Waals surface area contributed by atoms with Crippen molar-refractivity contribution in [2.45, 2.75) is 13.0 Å². The van der Waals surface area contributed by atoms with E-state index >= 15 is 0 Å². The fraction of sp³-hybridized carbons (Fsp3) is 0.176. The number of aromatic nitrogens is 1.